The fourth-order valence-corrected chi connectivity index (χ4v) is 7.87. The lowest BCUT2D eigenvalue weighted by atomic mass is 10.0. The summed E-state index contributed by atoms with van der Waals surface area (Å²) in [6, 6.07) is 60.2. The highest BCUT2D eigenvalue weighted by Crippen LogP contribution is 2.48. The van der Waals surface area contributed by atoms with Crippen LogP contribution >= 0.6 is 0 Å². The van der Waals surface area contributed by atoms with Crippen molar-refractivity contribution in [3.63, 3.8) is 0 Å². The molecule has 0 saturated heterocycles. The van der Waals surface area contributed by atoms with E-state index in [0.29, 0.717) is 0 Å². The lowest BCUT2D eigenvalue weighted by Gasteiger charge is -2.19. The molecule has 2 nitrogen and oxygen atoms in total. The Hall–Kier alpha value is -5.86. The zero-order valence-corrected chi connectivity index (χ0v) is 24.6. The van der Waals surface area contributed by atoms with Crippen molar-refractivity contribution in [1.29, 1.82) is 0 Å². The van der Waals surface area contributed by atoms with Crippen LogP contribution in [0.5, 0.6) is 0 Å². The van der Waals surface area contributed by atoms with Crippen LogP contribution in [-0.4, -0.2) is 9.13 Å². The molecule has 10 rings (SSSR count). The molecular formula is C43H28N2. The van der Waals surface area contributed by atoms with Crippen LogP contribution in [0, 0.1) is 0 Å². The molecule has 2 heteroatoms. The van der Waals surface area contributed by atoms with Gasteiger partial charge < -0.3 is 9.13 Å². The van der Waals surface area contributed by atoms with E-state index in [9.17, 15) is 0 Å². The van der Waals surface area contributed by atoms with Crippen LogP contribution in [0.3, 0.4) is 0 Å². The minimum Gasteiger partial charge on any atom is -0.329 e. The fraction of sp³-hybridized carbons (Fsp3) is 0.0233. The molecule has 1 aliphatic carbocycles. The predicted octanol–water partition coefficient (Wildman–Crippen LogP) is 11.2. The van der Waals surface area contributed by atoms with E-state index < -0.39 is 0 Å². The van der Waals surface area contributed by atoms with Crippen molar-refractivity contribution in [2.75, 3.05) is 0 Å². The zero-order chi connectivity index (χ0) is 29.5. The van der Waals surface area contributed by atoms with Gasteiger partial charge in [-0.05, 0) is 75.8 Å². The van der Waals surface area contributed by atoms with Crippen LogP contribution in [0.15, 0.2) is 164 Å². The van der Waals surface area contributed by atoms with Gasteiger partial charge in [0.25, 0.3) is 0 Å². The molecule has 0 radical (unpaired) electrons. The minimum atomic E-state index is 0.112. The van der Waals surface area contributed by atoms with Crippen LogP contribution in [-0.2, 0) is 0 Å². The molecule has 210 valence electrons. The van der Waals surface area contributed by atoms with Crippen LogP contribution in [0.4, 0.5) is 0 Å². The number of fused-ring (bicyclic) bond motifs is 9. The topological polar surface area (TPSA) is 9.86 Å². The summed E-state index contributed by atoms with van der Waals surface area (Å²) in [5.41, 5.74) is 14.0. The molecule has 0 fully saturated rings. The molecule has 0 spiro atoms. The van der Waals surface area contributed by atoms with Gasteiger partial charge in [0, 0.05) is 32.7 Å². The van der Waals surface area contributed by atoms with Gasteiger partial charge in [-0.2, -0.15) is 0 Å². The summed E-state index contributed by atoms with van der Waals surface area (Å²) in [6.45, 7) is 0. The number of hydrogen-bond donors (Lipinski definition) is 0. The number of hydrogen-bond acceptors (Lipinski definition) is 0. The van der Waals surface area contributed by atoms with Crippen LogP contribution in [0.25, 0.3) is 71.6 Å². The lowest BCUT2D eigenvalue weighted by Crippen LogP contribution is -2.09. The molecule has 0 amide bonds. The summed E-state index contributed by atoms with van der Waals surface area (Å²) >= 11 is 0. The molecule has 45 heavy (non-hydrogen) atoms. The van der Waals surface area contributed by atoms with Crippen molar-refractivity contribution in [2.45, 2.75) is 6.04 Å². The van der Waals surface area contributed by atoms with Crippen molar-refractivity contribution < 1.29 is 0 Å². The minimum absolute atomic E-state index is 0.112. The molecule has 0 saturated carbocycles. The number of rotatable bonds is 3. The van der Waals surface area contributed by atoms with Crippen molar-refractivity contribution in [3.05, 3.63) is 175 Å². The molecule has 0 aliphatic heterocycles. The molecule has 0 bridgehead atoms. The Morgan fingerprint density at radius 2 is 0.889 bits per heavy atom. The second kappa shape index (κ2) is 9.32. The molecule has 2 heterocycles. The SMILES string of the molecule is c1ccc(-n2c3ccccc3c3cc(-c4ccc5c6ccccc6n(C6c7ccccc7-c7ccccc76)c5c4)ccc32)cc1. The molecule has 0 atom stereocenters. The van der Waals surface area contributed by atoms with Gasteiger partial charge in [0.15, 0.2) is 0 Å². The summed E-state index contributed by atoms with van der Waals surface area (Å²) in [5.74, 6) is 0. The Labute approximate surface area is 261 Å². The van der Waals surface area contributed by atoms with Gasteiger partial charge in [0.2, 0.25) is 0 Å². The van der Waals surface area contributed by atoms with E-state index in [1.165, 1.54) is 82.7 Å². The van der Waals surface area contributed by atoms with Gasteiger partial charge in [0.05, 0.1) is 22.6 Å². The summed E-state index contributed by atoms with van der Waals surface area (Å²) in [6.07, 6.45) is 0. The Bertz CT molecular complexity index is 2550. The highest BCUT2D eigenvalue weighted by Gasteiger charge is 2.31. The highest BCUT2D eigenvalue weighted by molar-refractivity contribution is 6.12. The van der Waals surface area contributed by atoms with Crippen molar-refractivity contribution in [1.82, 2.24) is 9.13 Å². The third-order valence-corrected chi connectivity index (χ3v) is 9.79. The second-order valence-corrected chi connectivity index (χ2v) is 12.1. The Morgan fingerprint density at radius 1 is 0.356 bits per heavy atom. The van der Waals surface area contributed by atoms with Gasteiger partial charge in [0.1, 0.15) is 0 Å². The fourth-order valence-electron chi connectivity index (χ4n) is 7.87. The van der Waals surface area contributed by atoms with E-state index in [0.717, 1.165) is 0 Å². The molecule has 0 unspecified atom stereocenters. The van der Waals surface area contributed by atoms with Crippen molar-refractivity contribution in [3.8, 4) is 27.9 Å². The average Bonchev–Trinajstić information content (AvgIpc) is 3.73. The molecular weight excluding hydrogens is 544 g/mol. The monoisotopic (exact) mass is 572 g/mol. The maximum atomic E-state index is 2.58. The Kier molecular flexibility index (Phi) is 5.09. The van der Waals surface area contributed by atoms with Crippen LogP contribution < -0.4 is 0 Å². The van der Waals surface area contributed by atoms with Crippen LogP contribution in [0.1, 0.15) is 17.2 Å². The lowest BCUT2D eigenvalue weighted by molar-refractivity contribution is 0.746. The van der Waals surface area contributed by atoms with E-state index >= 15 is 0 Å². The first-order chi connectivity index (χ1) is 22.3. The molecule has 9 aromatic rings. The van der Waals surface area contributed by atoms with Gasteiger partial charge in [-0.1, -0.05) is 121 Å². The average molecular weight is 573 g/mol. The van der Waals surface area contributed by atoms with E-state index in [-0.39, 0.29) is 6.04 Å². The summed E-state index contributed by atoms with van der Waals surface area (Å²) in [5, 5.41) is 5.12. The Morgan fingerprint density at radius 3 is 1.64 bits per heavy atom. The van der Waals surface area contributed by atoms with Gasteiger partial charge in [-0.25, -0.2) is 0 Å². The third kappa shape index (κ3) is 3.45. The highest BCUT2D eigenvalue weighted by atomic mass is 15.0. The van der Waals surface area contributed by atoms with Gasteiger partial charge in [-0.15, -0.1) is 0 Å². The van der Waals surface area contributed by atoms with E-state index in [2.05, 4.69) is 173 Å². The van der Waals surface area contributed by atoms with E-state index in [4.69, 9.17) is 0 Å². The van der Waals surface area contributed by atoms with Gasteiger partial charge in [-0.3, -0.25) is 0 Å². The first-order valence-electron chi connectivity index (χ1n) is 15.6. The first kappa shape index (κ1) is 24.6. The largest absolute Gasteiger partial charge is 0.329 e. The maximum absolute atomic E-state index is 2.58. The second-order valence-electron chi connectivity index (χ2n) is 12.1. The number of nitrogens with zero attached hydrogens (tertiary/aromatic N) is 2. The standard InChI is InChI=1S/C43H28N2/c1-2-12-30(13-3-1)44-39-20-10-9-17-34(39)38-26-28(23-25-41(38)44)29-22-24-35-33-16-8-11-21-40(33)45(42(35)27-29)43-36-18-6-4-14-31(36)32-15-5-7-19-37(32)43/h1-27,43H. The van der Waals surface area contributed by atoms with E-state index in [1.807, 2.05) is 0 Å². The molecule has 1 aliphatic rings. The Balaban J connectivity index is 1.22. The number of para-hydroxylation sites is 3. The predicted molar refractivity (Wildman–Crippen MR) is 188 cm³/mol. The number of aromatic nitrogens is 2. The molecule has 7 aromatic carbocycles. The normalized spacial score (nSPS) is 12.8. The maximum Gasteiger partial charge on any atom is 0.0857 e. The summed E-state index contributed by atoms with van der Waals surface area (Å²) < 4.78 is 4.96. The van der Waals surface area contributed by atoms with Gasteiger partial charge >= 0.3 is 0 Å². The van der Waals surface area contributed by atoms with E-state index in [1.54, 1.807) is 0 Å². The van der Waals surface area contributed by atoms with Crippen LogP contribution in [0.2, 0.25) is 0 Å². The van der Waals surface area contributed by atoms with Crippen molar-refractivity contribution in [2.24, 2.45) is 0 Å². The number of benzene rings is 7. The molecule has 2 aromatic heterocycles. The molecule has 0 N–H and O–H groups in total. The zero-order valence-electron chi connectivity index (χ0n) is 24.6. The summed E-state index contributed by atoms with van der Waals surface area (Å²) in [7, 11) is 0. The van der Waals surface area contributed by atoms with Crippen molar-refractivity contribution >= 4 is 43.6 Å². The first-order valence-corrected chi connectivity index (χ1v) is 15.6. The quantitative estimate of drug-likeness (QED) is 0.199. The smallest absolute Gasteiger partial charge is 0.0857 e. The summed E-state index contributed by atoms with van der Waals surface area (Å²) in [4.78, 5) is 0. The third-order valence-electron chi connectivity index (χ3n) is 9.79.